The highest BCUT2D eigenvalue weighted by atomic mass is 16.5. The van der Waals surface area contributed by atoms with Crippen LogP contribution in [0.5, 0.6) is 5.88 Å². The second-order valence-electron chi connectivity index (χ2n) is 6.02. The summed E-state index contributed by atoms with van der Waals surface area (Å²) >= 11 is 0. The molecule has 3 rings (SSSR count). The number of aromatic nitrogens is 1. The average molecular weight is 339 g/mol. The predicted molar refractivity (Wildman–Crippen MR) is 95.0 cm³/mol. The molecule has 0 radical (unpaired) electrons. The van der Waals surface area contributed by atoms with Gasteiger partial charge >= 0.3 is 0 Å². The number of hydrogen-bond acceptors (Lipinski definition) is 4. The van der Waals surface area contributed by atoms with E-state index >= 15 is 0 Å². The Balaban J connectivity index is 1.69. The van der Waals surface area contributed by atoms with Crippen LogP contribution in [-0.2, 0) is 0 Å². The van der Waals surface area contributed by atoms with Gasteiger partial charge in [0.2, 0.25) is 5.88 Å². The van der Waals surface area contributed by atoms with Crippen LogP contribution in [-0.4, -0.2) is 29.4 Å². The maximum absolute atomic E-state index is 12.5. The third kappa shape index (κ3) is 4.35. The molecular weight excluding hydrogens is 318 g/mol. The Bertz CT molecular complexity index is 783. The molecule has 1 aromatic carbocycles. The monoisotopic (exact) mass is 339 g/mol. The van der Waals surface area contributed by atoms with E-state index in [9.17, 15) is 9.59 Å². The average Bonchev–Trinajstić information content (AvgIpc) is 3.40. The van der Waals surface area contributed by atoms with Crippen LogP contribution in [0.3, 0.4) is 0 Å². The van der Waals surface area contributed by atoms with Crippen LogP contribution in [0.1, 0.15) is 46.2 Å². The summed E-state index contributed by atoms with van der Waals surface area (Å²) in [6, 6.07) is 10.6. The third-order valence-corrected chi connectivity index (χ3v) is 3.84. The number of pyridine rings is 1. The molecule has 2 aromatic rings. The number of nitrogens with one attached hydrogen (secondary N) is 2. The summed E-state index contributed by atoms with van der Waals surface area (Å²) in [6.45, 7) is 4.12. The second kappa shape index (κ2) is 7.34. The van der Waals surface area contributed by atoms with Crippen LogP contribution < -0.4 is 15.4 Å². The first-order valence-corrected chi connectivity index (χ1v) is 8.39. The SMILES string of the molecule is CCOc1nc(C)ccc1C(=O)Nc1ccc(C(=O)NC2CC2)cc1. The first-order chi connectivity index (χ1) is 12.1. The summed E-state index contributed by atoms with van der Waals surface area (Å²) in [5, 5.41) is 5.74. The molecule has 0 bridgehead atoms. The second-order valence-corrected chi connectivity index (χ2v) is 6.02. The molecular formula is C19H21N3O3. The molecule has 1 heterocycles. The van der Waals surface area contributed by atoms with E-state index in [0.29, 0.717) is 35.3 Å². The van der Waals surface area contributed by atoms with Gasteiger partial charge in [0.05, 0.1) is 6.61 Å². The van der Waals surface area contributed by atoms with Gasteiger partial charge in [-0.15, -0.1) is 0 Å². The smallest absolute Gasteiger partial charge is 0.261 e. The molecule has 0 spiro atoms. The highest BCUT2D eigenvalue weighted by molar-refractivity contribution is 6.06. The van der Waals surface area contributed by atoms with Crippen LogP contribution in [0, 0.1) is 6.92 Å². The lowest BCUT2D eigenvalue weighted by Crippen LogP contribution is -2.25. The van der Waals surface area contributed by atoms with Crippen molar-refractivity contribution >= 4 is 17.5 Å². The van der Waals surface area contributed by atoms with E-state index in [4.69, 9.17) is 4.74 Å². The zero-order chi connectivity index (χ0) is 17.8. The number of anilines is 1. The van der Waals surface area contributed by atoms with E-state index in [1.165, 1.54) is 0 Å². The van der Waals surface area contributed by atoms with E-state index < -0.39 is 0 Å². The van der Waals surface area contributed by atoms with Gasteiger partial charge in [-0.05, 0) is 63.1 Å². The van der Waals surface area contributed by atoms with Crippen molar-refractivity contribution in [3.05, 3.63) is 53.2 Å². The van der Waals surface area contributed by atoms with Gasteiger partial charge < -0.3 is 15.4 Å². The molecule has 1 fully saturated rings. The van der Waals surface area contributed by atoms with Gasteiger partial charge in [-0.1, -0.05) is 0 Å². The minimum atomic E-state index is -0.300. The quantitative estimate of drug-likeness (QED) is 0.848. The van der Waals surface area contributed by atoms with E-state index in [0.717, 1.165) is 18.5 Å². The molecule has 6 nitrogen and oxygen atoms in total. The molecule has 130 valence electrons. The van der Waals surface area contributed by atoms with E-state index in [-0.39, 0.29) is 11.8 Å². The predicted octanol–water partition coefficient (Wildman–Crippen LogP) is 2.93. The Morgan fingerprint density at radius 2 is 1.84 bits per heavy atom. The Morgan fingerprint density at radius 3 is 2.48 bits per heavy atom. The molecule has 6 heteroatoms. The van der Waals surface area contributed by atoms with E-state index in [1.54, 1.807) is 36.4 Å². The zero-order valence-corrected chi connectivity index (χ0v) is 14.3. The Labute approximate surface area is 146 Å². The van der Waals surface area contributed by atoms with Crippen molar-refractivity contribution in [2.75, 3.05) is 11.9 Å². The van der Waals surface area contributed by atoms with Crippen molar-refractivity contribution in [3.8, 4) is 5.88 Å². The summed E-state index contributed by atoms with van der Waals surface area (Å²) in [5.41, 5.74) is 2.35. The molecule has 0 saturated heterocycles. The van der Waals surface area contributed by atoms with E-state index in [2.05, 4.69) is 15.6 Å². The molecule has 2 N–H and O–H groups in total. The minimum absolute atomic E-state index is 0.0817. The number of carbonyl (C=O) groups excluding carboxylic acids is 2. The van der Waals surface area contributed by atoms with Crippen molar-refractivity contribution in [1.29, 1.82) is 0 Å². The van der Waals surface area contributed by atoms with Crippen LogP contribution in [0.25, 0.3) is 0 Å². The van der Waals surface area contributed by atoms with Gasteiger partial charge in [0.25, 0.3) is 11.8 Å². The summed E-state index contributed by atoms with van der Waals surface area (Å²) < 4.78 is 5.45. The van der Waals surface area contributed by atoms with Crippen LogP contribution in [0.15, 0.2) is 36.4 Å². The number of rotatable bonds is 6. The Morgan fingerprint density at radius 1 is 1.12 bits per heavy atom. The number of amides is 2. The first kappa shape index (κ1) is 17.0. The van der Waals surface area contributed by atoms with Gasteiger partial charge in [0.1, 0.15) is 5.56 Å². The maximum Gasteiger partial charge on any atom is 0.261 e. The largest absolute Gasteiger partial charge is 0.477 e. The highest BCUT2D eigenvalue weighted by Crippen LogP contribution is 2.21. The lowest BCUT2D eigenvalue weighted by molar-refractivity contribution is 0.0950. The topological polar surface area (TPSA) is 80.3 Å². The first-order valence-electron chi connectivity index (χ1n) is 8.39. The standard InChI is InChI=1S/C19H21N3O3/c1-3-25-19-16(11-4-12(2)20-19)18(24)22-14-7-5-13(6-8-14)17(23)21-15-9-10-15/h4-8,11,15H,3,9-10H2,1-2H3,(H,21,23)(H,22,24). The van der Waals surface area contributed by atoms with Crippen LogP contribution in [0.4, 0.5) is 5.69 Å². The fraction of sp³-hybridized carbons (Fsp3) is 0.316. The number of nitrogens with zero attached hydrogens (tertiary/aromatic N) is 1. The molecule has 0 atom stereocenters. The molecule has 1 aliphatic carbocycles. The van der Waals surface area contributed by atoms with Crippen molar-refractivity contribution in [2.24, 2.45) is 0 Å². The molecule has 1 aromatic heterocycles. The van der Waals surface area contributed by atoms with Crippen molar-refractivity contribution in [1.82, 2.24) is 10.3 Å². The third-order valence-electron chi connectivity index (χ3n) is 3.84. The number of hydrogen-bond donors (Lipinski definition) is 2. The normalized spacial score (nSPS) is 13.2. The van der Waals surface area contributed by atoms with Crippen molar-refractivity contribution in [3.63, 3.8) is 0 Å². The van der Waals surface area contributed by atoms with Gasteiger partial charge in [-0.2, -0.15) is 0 Å². The van der Waals surface area contributed by atoms with Gasteiger partial charge in [-0.25, -0.2) is 4.98 Å². The van der Waals surface area contributed by atoms with Crippen molar-refractivity contribution in [2.45, 2.75) is 32.7 Å². The van der Waals surface area contributed by atoms with E-state index in [1.807, 2.05) is 13.8 Å². The summed E-state index contributed by atoms with van der Waals surface area (Å²) in [7, 11) is 0. The van der Waals surface area contributed by atoms with Gasteiger partial charge in [0, 0.05) is 23.0 Å². The number of carbonyl (C=O) groups is 2. The summed E-state index contributed by atoms with van der Waals surface area (Å²) in [6.07, 6.45) is 2.10. The molecule has 25 heavy (non-hydrogen) atoms. The summed E-state index contributed by atoms with van der Waals surface area (Å²) in [5.74, 6) is -0.0618. The van der Waals surface area contributed by atoms with Gasteiger partial charge in [-0.3, -0.25) is 9.59 Å². The fourth-order valence-corrected chi connectivity index (χ4v) is 2.35. The molecule has 2 amide bonds. The van der Waals surface area contributed by atoms with Crippen LogP contribution >= 0.6 is 0 Å². The highest BCUT2D eigenvalue weighted by Gasteiger charge is 2.23. The molecule has 1 aliphatic rings. The Kier molecular flexibility index (Phi) is 4.97. The maximum atomic E-state index is 12.5. The van der Waals surface area contributed by atoms with Gasteiger partial charge in [0.15, 0.2) is 0 Å². The Hall–Kier alpha value is -2.89. The lowest BCUT2D eigenvalue weighted by atomic mass is 10.1. The number of benzene rings is 1. The fourth-order valence-electron chi connectivity index (χ4n) is 2.35. The van der Waals surface area contributed by atoms with Crippen LogP contribution in [0.2, 0.25) is 0 Å². The lowest BCUT2D eigenvalue weighted by Gasteiger charge is -2.11. The molecule has 0 aliphatic heterocycles. The molecule has 0 unspecified atom stereocenters. The number of aryl methyl sites for hydroxylation is 1. The summed E-state index contributed by atoms with van der Waals surface area (Å²) in [4.78, 5) is 28.7. The zero-order valence-electron chi connectivity index (χ0n) is 14.3. The number of ether oxygens (including phenoxy) is 1. The van der Waals surface area contributed by atoms with Crippen molar-refractivity contribution < 1.29 is 14.3 Å². The minimum Gasteiger partial charge on any atom is -0.477 e. The molecule has 1 saturated carbocycles.